The molecule has 0 aliphatic carbocycles. The van der Waals surface area contributed by atoms with Gasteiger partial charge in [0.2, 0.25) is 11.8 Å². The summed E-state index contributed by atoms with van der Waals surface area (Å²) in [5.74, 6) is -2.65. The summed E-state index contributed by atoms with van der Waals surface area (Å²) in [6.07, 6.45) is 1.60. The lowest BCUT2D eigenvalue weighted by Gasteiger charge is -2.19. The van der Waals surface area contributed by atoms with E-state index in [2.05, 4.69) is 15.6 Å². The van der Waals surface area contributed by atoms with E-state index in [9.17, 15) is 19.2 Å². The van der Waals surface area contributed by atoms with Gasteiger partial charge in [0, 0.05) is 30.1 Å². The minimum atomic E-state index is -1.22. The minimum Gasteiger partial charge on any atom is -0.480 e. The lowest BCUT2D eigenvalue weighted by atomic mass is 10.0. The average molecular weight is 436 g/mol. The van der Waals surface area contributed by atoms with E-state index in [0.717, 1.165) is 11.3 Å². The molecule has 2 amide bonds. The van der Waals surface area contributed by atoms with Gasteiger partial charge in [0.25, 0.3) is 0 Å². The topological polar surface area (TPSA) is 171 Å². The van der Waals surface area contributed by atoms with Crippen molar-refractivity contribution in [2.75, 3.05) is 18.1 Å². The molecule has 162 valence electrons. The number of carbonyl (C=O) groups excluding carboxylic acids is 2. The van der Waals surface area contributed by atoms with E-state index < -0.39 is 42.4 Å². The molecule has 1 aromatic rings. The molecule has 0 saturated heterocycles. The Hall–Kier alpha value is -2.92. The smallest absolute Gasteiger partial charge is 0.322 e. The fourth-order valence-corrected chi connectivity index (χ4v) is 3.89. The predicted molar refractivity (Wildman–Crippen MR) is 112 cm³/mol. The number of hydrogen-bond acceptors (Lipinski definition) is 7. The second-order valence-electron chi connectivity index (χ2n) is 6.70. The Morgan fingerprint density at radius 3 is 2.63 bits per heavy atom. The SMILES string of the molecule is N[C@@H](CCC(=O)NC(CSCC1C=Nc2ccccc21)C(=O)NCC(=O)O)C(=O)O. The molecule has 2 rings (SSSR count). The number of nitrogens with one attached hydrogen (secondary N) is 2. The first kappa shape index (κ1) is 23.4. The predicted octanol–water partition coefficient (Wildman–Crippen LogP) is 0.0970. The largest absolute Gasteiger partial charge is 0.480 e. The van der Waals surface area contributed by atoms with Gasteiger partial charge in [-0.1, -0.05) is 18.2 Å². The lowest BCUT2D eigenvalue weighted by Crippen LogP contribution is -2.49. The lowest BCUT2D eigenvalue weighted by molar-refractivity contribution is -0.139. The Morgan fingerprint density at radius 2 is 1.93 bits per heavy atom. The van der Waals surface area contributed by atoms with Crippen molar-refractivity contribution in [1.82, 2.24) is 10.6 Å². The summed E-state index contributed by atoms with van der Waals surface area (Å²) in [6.45, 7) is -0.567. The van der Waals surface area contributed by atoms with Gasteiger partial charge in [0.1, 0.15) is 18.6 Å². The van der Waals surface area contributed by atoms with E-state index >= 15 is 0 Å². The highest BCUT2D eigenvalue weighted by Gasteiger charge is 2.24. The molecule has 0 radical (unpaired) electrons. The normalized spacial score (nSPS) is 16.4. The van der Waals surface area contributed by atoms with Gasteiger partial charge >= 0.3 is 11.9 Å². The van der Waals surface area contributed by atoms with Crippen molar-refractivity contribution in [3.8, 4) is 0 Å². The molecule has 10 nitrogen and oxygen atoms in total. The molecule has 30 heavy (non-hydrogen) atoms. The van der Waals surface area contributed by atoms with Gasteiger partial charge in [-0.2, -0.15) is 11.8 Å². The molecule has 1 aromatic carbocycles. The fraction of sp³-hybridized carbons (Fsp3) is 0.421. The molecule has 0 aromatic heterocycles. The van der Waals surface area contributed by atoms with Crippen molar-refractivity contribution in [1.29, 1.82) is 0 Å². The summed E-state index contributed by atoms with van der Waals surface area (Å²) in [6, 6.07) is 5.59. The number of rotatable bonds is 12. The maximum absolute atomic E-state index is 12.3. The van der Waals surface area contributed by atoms with E-state index in [0.29, 0.717) is 5.75 Å². The van der Waals surface area contributed by atoms with Crippen molar-refractivity contribution in [3.05, 3.63) is 29.8 Å². The van der Waals surface area contributed by atoms with E-state index in [-0.39, 0.29) is 24.5 Å². The molecular weight excluding hydrogens is 412 g/mol. The van der Waals surface area contributed by atoms with Gasteiger partial charge < -0.3 is 26.6 Å². The van der Waals surface area contributed by atoms with Crippen LogP contribution in [0.4, 0.5) is 5.69 Å². The molecule has 1 aliphatic heterocycles. The summed E-state index contributed by atoms with van der Waals surface area (Å²) >= 11 is 1.42. The monoisotopic (exact) mass is 436 g/mol. The van der Waals surface area contributed by atoms with E-state index in [4.69, 9.17) is 15.9 Å². The molecule has 6 N–H and O–H groups in total. The summed E-state index contributed by atoms with van der Waals surface area (Å²) in [4.78, 5) is 50.2. The highest BCUT2D eigenvalue weighted by atomic mass is 32.2. The Kier molecular flexibility index (Phi) is 8.81. The fourth-order valence-electron chi connectivity index (χ4n) is 2.76. The Labute approximate surface area is 177 Å². The molecule has 0 bridgehead atoms. The van der Waals surface area contributed by atoms with Crippen molar-refractivity contribution < 1.29 is 29.4 Å². The summed E-state index contributed by atoms with van der Waals surface area (Å²) in [5.41, 5.74) is 7.38. The maximum atomic E-state index is 12.3. The van der Waals surface area contributed by atoms with Crippen LogP contribution in [0, 0.1) is 0 Å². The zero-order valence-corrected chi connectivity index (χ0v) is 16.9. The van der Waals surface area contributed by atoms with Crippen molar-refractivity contribution in [2.45, 2.75) is 30.8 Å². The Bertz CT molecular complexity index is 831. The van der Waals surface area contributed by atoms with Crippen LogP contribution in [0.25, 0.3) is 0 Å². The Morgan fingerprint density at radius 1 is 1.20 bits per heavy atom. The zero-order chi connectivity index (χ0) is 22.1. The number of para-hydroxylation sites is 1. The van der Waals surface area contributed by atoms with Crippen LogP contribution in [0.3, 0.4) is 0 Å². The van der Waals surface area contributed by atoms with Crippen LogP contribution in [-0.4, -0.2) is 70.3 Å². The first-order valence-corrected chi connectivity index (χ1v) is 10.4. The number of carboxylic acid groups (broad SMARTS) is 2. The number of benzene rings is 1. The van der Waals surface area contributed by atoms with Crippen LogP contribution in [0.15, 0.2) is 29.3 Å². The number of nitrogens with two attached hydrogens (primary N) is 1. The number of fused-ring (bicyclic) bond motifs is 1. The van der Waals surface area contributed by atoms with Crippen molar-refractivity contribution >= 4 is 47.4 Å². The van der Waals surface area contributed by atoms with Crippen LogP contribution in [-0.2, 0) is 19.2 Å². The molecule has 0 spiro atoms. The van der Waals surface area contributed by atoms with Gasteiger partial charge in [-0.3, -0.25) is 24.2 Å². The maximum Gasteiger partial charge on any atom is 0.322 e. The second-order valence-corrected chi connectivity index (χ2v) is 7.77. The molecule has 1 heterocycles. The molecule has 3 atom stereocenters. The van der Waals surface area contributed by atoms with Crippen LogP contribution >= 0.6 is 11.8 Å². The van der Waals surface area contributed by atoms with Crippen molar-refractivity contribution in [3.63, 3.8) is 0 Å². The van der Waals surface area contributed by atoms with Crippen LogP contribution in [0.5, 0.6) is 0 Å². The van der Waals surface area contributed by atoms with E-state index in [1.165, 1.54) is 11.8 Å². The van der Waals surface area contributed by atoms with Crippen LogP contribution < -0.4 is 16.4 Å². The number of nitrogens with zero attached hydrogens (tertiary/aromatic N) is 1. The molecule has 11 heteroatoms. The number of amides is 2. The van der Waals surface area contributed by atoms with Crippen LogP contribution in [0.2, 0.25) is 0 Å². The number of aliphatic carboxylic acids is 2. The quantitative estimate of drug-likeness (QED) is 0.307. The molecule has 0 saturated carbocycles. The standard InChI is InChI=1S/C19H24N4O6S/c20-13(19(28)29)5-6-16(24)23-15(18(27)22-8-17(25)26)10-30-9-11-7-21-14-4-2-1-3-12(11)14/h1-4,7,11,13,15H,5-6,8-10,20H2,(H,22,27)(H,23,24)(H,25,26)(H,28,29)/t11?,13-,15?/m0/s1. The number of thioether (sulfide) groups is 1. The highest BCUT2D eigenvalue weighted by molar-refractivity contribution is 7.99. The van der Waals surface area contributed by atoms with E-state index in [1.54, 1.807) is 0 Å². The summed E-state index contributed by atoms with van der Waals surface area (Å²) in [7, 11) is 0. The van der Waals surface area contributed by atoms with Gasteiger partial charge in [-0.15, -0.1) is 0 Å². The van der Waals surface area contributed by atoms with Gasteiger partial charge in [-0.05, 0) is 18.1 Å². The number of carbonyl (C=O) groups is 4. The molecule has 0 fully saturated rings. The summed E-state index contributed by atoms with van der Waals surface area (Å²) in [5, 5.41) is 22.3. The average Bonchev–Trinajstić information content (AvgIpc) is 3.12. The third-order valence-electron chi connectivity index (χ3n) is 4.38. The molecular formula is C19H24N4O6S. The number of aliphatic imine (C=N–C) groups is 1. The highest BCUT2D eigenvalue weighted by Crippen LogP contribution is 2.33. The Balaban J connectivity index is 1.90. The third-order valence-corrected chi connectivity index (χ3v) is 5.54. The van der Waals surface area contributed by atoms with Gasteiger partial charge in [0.05, 0.1) is 5.69 Å². The number of hydrogen-bond donors (Lipinski definition) is 5. The first-order chi connectivity index (χ1) is 14.3. The van der Waals surface area contributed by atoms with E-state index in [1.807, 2.05) is 30.5 Å². The minimum absolute atomic E-state index is 0.0763. The second kappa shape index (κ2) is 11.3. The van der Waals surface area contributed by atoms with Gasteiger partial charge in [0.15, 0.2) is 0 Å². The zero-order valence-electron chi connectivity index (χ0n) is 16.1. The number of carboxylic acids is 2. The molecule has 1 aliphatic rings. The summed E-state index contributed by atoms with van der Waals surface area (Å²) < 4.78 is 0. The third kappa shape index (κ3) is 7.16. The van der Waals surface area contributed by atoms with Crippen molar-refractivity contribution in [2.24, 2.45) is 10.7 Å². The first-order valence-electron chi connectivity index (χ1n) is 9.26. The van der Waals surface area contributed by atoms with Crippen LogP contribution in [0.1, 0.15) is 24.3 Å². The van der Waals surface area contributed by atoms with Gasteiger partial charge in [-0.25, -0.2) is 0 Å². The molecule has 2 unspecified atom stereocenters.